The summed E-state index contributed by atoms with van der Waals surface area (Å²) in [6.45, 7) is 13.8. The van der Waals surface area contributed by atoms with Gasteiger partial charge in [0.2, 0.25) is 11.8 Å². The van der Waals surface area contributed by atoms with Crippen molar-refractivity contribution in [3.8, 4) is 0 Å². The van der Waals surface area contributed by atoms with Gasteiger partial charge in [0.05, 0.1) is 40.8 Å². The fraction of sp³-hybridized carbons (Fsp3) is 0.472. The van der Waals surface area contributed by atoms with Crippen LogP contribution in [0, 0.1) is 17.8 Å². The zero-order chi connectivity index (χ0) is 32.5. The molecule has 5 rings (SSSR count). The van der Waals surface area contributed by atoms with Crippen molar-refractivity contribution < 1.29 is 24.2 Å². The van der Waals surface area contributed by atoms with Gasteiger partial charge in [-0.2, -0.15) is 0 Å². The molecule has 8 nitrogen and oxygen atoms in total. The number of ether oxygens (including phenoxy) is 1. The molecule has 45 heavy (non-hydrogen) atoms. The van der Waals surface area contributed by atoms with Gasteiger partial charge in [0.1, 0.15) is 11.6 Å². The molecule has 3 fully saturated rings. The lowest BCUT2D eigenvalue weighted by Gasteiger charge is -2.41. The van der Waals surface area contributed by atoms with Crippen molar-refractivity contribution in [2.45, 2.75) is 69.7 Å². The number of aliphatic hydroxyl groups is 1. The third-order valence-electron chi connectivity index (χ3n) is 10.3. The Morgan fingerprint density at radius 2 is 1.69 bits per heavy atom. The molecule has 2 unspecified atom stereocenters. The minimum atomic E-state index is -1.26. The Labute approximate surface area is 271 Å². The highest BCUT2D eigenvalue weighted by Gasteiger charge is 2.79. The molecule has 2 aromatic carbocycles. The number of carbonyl (C=O) groups is 3. The normalized spacial score (nSPS) is 28.0. The van der Waals surface area contributed by atoms with Crippen LogP contribution >= 0.6 is 11.6 Å². The first kappa shape index (κ1) is 32.9. The molecule has 3 heterocycles. The summed E-state index contributed by atoms with van der Waals surface area (Å²) in [5.74, 6) is -2.77. The van der Waals surface area contributed by atoms with Crippen molar-refractivity contribution in [3.63, 3.8) is 0 Å². The third kappa shape index (κ3) is 5.21. The molecule has 3 aliphatic rings. The molecule has 7 atom stereocenters. The monoisotopic (exact) mass is 633 g/mol. The van der Waals surface area contributed by atoms with Gasteiger partial charge < -0.3 is 24.5 Å². The summed E-state index contributed by atoms with van der Waals surface area (Å²) >= 11 is 6.62. The Kier molecular flexibility index (Phi) is 9.59. The van der Waals surface area contributed by atoms with Crippen molar-refractivity contribution >= 4 is 40.7 Å². The number of fused-ring (bicyclic) bond motifs is 1. The summed E-state index contributed by atoms with van der Waals surface area (Å²) < 4.78 is 7.03. The minimum absolute atomic E-state index is 0.120. The molecular weight excluding hydrogens is 590 g/mol. The number of carbonyl (C=O) groups excluding carboxylic acids is 3. The third-order valence-corrected chi connectivity index (χ3v) is 10.7. The maximum Gasteiger partial charge on any atom is 0.253 e. The standard InChI is InChI=1S/C36H44ClN3O5/c1-6-21-38(25-15-11-10-12-16-25)32(42)29-30-33(43)40(28(23-41)24(5)8-3)31(36(30)20-19-35(29,9-4)45-36)34(44)39(22-7-2)27-18-14-13-17-26(27)37/h6-7,10-18,24,28-31,41H,1-2,8-9,19-23H2,3-5H3/t24-,28-,29+,30-,31?,35-,36?/m0/s1. The number of halogens is 1. The van der Waals surface area contributed by atoms with Gasteiger partial charge in [-0.1, -0.05) is 81.3 Å². The van der Waals surface area contributed by atoms with Crippen LogP contribution in [-0.4, -0.2) is 70.7 Å². The summed E-state index contributed by atoms with van der Waals surface area (Å²) in [7, 11) is 0. The molecule has 3 saturated heterocycles. The molecular formula is C36H44ClN3O5. The zero-order valence-corrected chi connectivity index (χ0v) is 27.2. The second kappa shape index (κ2) is 13.1. The molecule has 240 valence electrons. The van der Waals surface area contributed by atoms with Gasteiger partial charge >= 0.3 is 0 Å². The average molecular weight is 634 g/mol. The van der Waals surface area contributed by atoms with E-state index in [-0.39, 0.29) is 43.3 Å². The van der Waals surface area contributed by atoms with Crippen molar-refractivity contribution in [2.75, 3.05) is 29.5 Å². The van der Waals surface area contributed by atoms with E-state index in [9.17, 15) is 19.5 Å². The maximum absolute atomic E-state index is 15.0. The van der Waals surface area contributed by atoms with E-state index in [4.69, 9.17) is 16.3 Å². The number of hydrogen-bond donors (Lipinski definition) is 1. The SMILES string of the molecule is C=CCN(C(=O)[C@H]1[C@H]2C(=O)N([C@@H](CO)[C@@H](C)CC)C(C(=O)N(CC=C)c3ccccc3Cl)C23CC[C@]1(CC)O3)c1ccccc1. The van der Waals surface area contributed by atoms with E-state index in [1.54, 1.807) is 51.1 Å². The second-order valence-corrected chi connectivity index (χ2v) is 12.9. The Balaban J connectivity index is 1.68. The Morgan fingerprint density at radius 1 is 1.04 bits per heavy atom. The first-order valence-corrected chi connectivity index (χ1v) is 16.3. The number of amides is 3. The van der Waals surface area contributed by atoms with Crippen LogP contribution in [0.2, 0.25) is 5.02 Å². The van der Waals surface area contributed by atoms with Crippen LogP contribution in [0.25, 0.3) is 0 Å². The van der Waals surface area contributed by atoms with E-state index < -0.39 is 35.1 Å². The summed E-state index contributed by atoms with van der Waals surface area (Å²) in [6, 6.07) is 14.7. The van der Waals surface area contributed by atoms with Gasteiger partial charge in [0.25, 0.3) is 5.91 Å². The lowest BCUT2D eigenvalue weighted by Crippen LogP contribution is -2.60. The first-order valence-electron chi connectivity index (χ1n) is 15.9. The molecule has 9 heteroatoms. The molecule has 3 aliphatic heterocycles. The predicted octanol–water partition coefficient (Wildman–Crippen LogP) is 5.64. The van der Waals surface area contributed by atoms with Gasteiger partial charge in [-0.25, -0.2) is 0 Å². The van der Waals surface area contributed by atoms with Crippen LogP contribution in [0.1, 0.15) is 46.5 Å². The van der Waals surface area contributed by atoms with Gasteiger partial charge in [-0.3, -0.25) is 14.4 Å². The number of rotatable bonds is 13. The number of benzene rings is 2. The smallest absolute Gasteiger partial charge is 0.253 e. The predicted molar refractivity (Wildman–Crippen MR) is 177 cm³/mol. The van der Waals surface area contributed by atoms with Crippen molar-refractivity contribution in [2.24, 2.45) is 17.8 Å². The topological polar surface area (TPSA) is 90.4 Å². The number of aliphatic hydroxyl groups excluding tert-OH is 1. The molecule has 1 spiro atoms. The number of nitrogens with zero attached hydrogens (tertiary/aromatic N) is 3. The molecule has 2 aromatic rings. The van der Waals surface area contributed by atoms with Crippen molar-refractivity contribution in [1.82, 2.24) is 4.90 Å². The zero-order valence-electron chi connectivity index (χ0n) is 26.4. The Morgan fingerprint density at radius 3 is 2.29 bits per heavy atom. The van der Waals surface area contributed by atoms with E-state index in [1.807, 2.05) is 51.1 Å². The van der Waals surface area contributed by atoms with E-state index in [0.717, 1.165) is 0 Å². The highest BCUT2D eigenvalue weighted by molar-refractivity contribution is 6.34. The van der Waals surface area contributed by atoms with Crippen LogP contribution in [0.4, 0.5) is 11.4 Å². The Hall–Kier alpha value is -3.46. The summed E-state index contributed by atoms with van der Waals surface area (Å²) in [6.07, 6.45) is 5.43. The van der Waals surface area contributed by atoms with E-state index >= 15 is 0 Å². The molecule has 1 N–H and O–H groups in total. The lowest BCUT2D eigenvalue weighted by molar-refractivity contribution is -0.150. The number of anilines is 2. The largest absolute Gasteiger partial charge is 0.394 e. The number of likely N-dealkylation sites (tertiary alicyclic amines) is 1. The van der Waals surface area contributed by atoms with Gasteiger partial charge in [0, 0.05) is 18.8 Å². The van der Waals surface area contributed by atoms with E-state index in [1.165, 1.54) is 0 Å². The van der Waals surface area contributed by atoms with Gasteiger partial charge in [-0.05, 0) is 49.4 Å². The van der Waals surface area contributed by atoms with E-state index in [2.05, 4.69) is 13.2 Å². The van der Waals surface area contributed by atoms with Crippen molar-refractivity contribution in [1.29, 1.82) is 0 Å². The highest BCUT2D eigenvalue weighted by Crippen LogP contribution is 2.65. The fourth-order valence-corrected chi connectivity index (χ4v) is 8.20. The Bertz CT molecular complexity index is 1450. The average Bonchev–Trinajstić information content (AvgIpc) is 3.66. The summed E-state index contributed by atoms with van der Waals surface area (Å²) in [5.41, 5.74) is -0.992. The quantitative estimate of drug-likeness (QED) is 0.288. The first-order chi connectivity index (χ1) is 21.7. The molecule has 0 saturated carbocycles. The molecule has 0 aliphatic carbocycles. The molecule has 3 amide bonds. The van der Waals surface area contributed by atoms with Crippen LogP contribution in [0.15, 0.2) is 79.9 Å². The summed E-state index contributed by atoms with van der Waals surface area (Å²) in [4.78, 5) is 49.4. The lowest BCUT2D eigenvalue weighted by atomic mass is 9.64. The molecule has 0 aromatic heterocycles. The maximum atomic E-state index is 15.0. The minimum Gasteiger partial charge on any atom is -0.394 e. The highest BCUT2D eigenvalue weighted by atomic mass is 35.5. The van der Waals surface area contributed by atoms with E-state index in [0.29, 0.717) is 42.1 Å². The molecule has 0 radical (unpaired) electrons. The number of hydrogen-bond acceptors (Lipinski definition) is 5. The second-order valence-electron chi connectivity index (χ2n) is 12.5. The van der Waals surface area contributed by atoms with Crippen molar-refractivity contribution in [3.05, 3.63) is 84.9 Å². The molecule has 2 bridgehead atoms. The summed E-state index contributed by atoms with van der Waals surface area (Å²) in [5, 5.41) is 11.1. The number of para-hydroxylation sites is 2. The van der Waals surface area contributed by atoms with Crippen LogP contribution in [0.3, 0.4) is 0 Å². The van der Waals surface area contributed by atoms with Crippen LogP contribution in [-0.2, 0) is 19.1 Å². The van der Waals surface area contributed by atoms with Gasteiger partial charge in [0.15, 0.2) is 0 Å². The van der Waals surface area contributed by atoms with Crippen LogP contribution < -0.4 is 9.80 Å². The van der Waals surface area contributed by atoms with Gasteiger partial charge in [-0.15, -0.1) is 13.2 Å². The van der Waals surface area contributed by atoms with Crippen LogP contribution in [0.5, 0.6) is 0 Å². The fourth-order valence-electron chi connectivity index (χ4n) is 7.96.